The van der Waals surface area contributed by atoms with E-state index in [9.17, 15) is 0 Å². The first-order valence-electron chi connectivity index (χ1n) is 9.86. The monoisotopic (exact) mass is 621 g/mol. The molecule has 0 amide bonds. The van der Waals surface area contributed by atoms with Gasteiger partial charge in [0.2, 0.25) is 0 Å². The van der Waals surface area contributed by atoms with Crippen LogP contribution in [0.15, 0.2) is 71.7 Å². The molecule has 29 heavy (non-hydrogen) atoms. The van der Waals surface area contributed by atoms with Crippen LogP contribution in [-0.2, 0) is 0 Å². The van der Waals surface area contributed by atoms with Crippen molar-refractivity contribution in [1.82, 2.24) is 0 Å². The number of hydrogen-bond donors (Lipinski definition) is 0. The molecule has 1 saturated carbocycles. The quantitative estimate of drug-likeness (QED) is 0.123. The number of hydrogen-bond acceptors (Lipinski definition) is 2. The highest BCUT2D eigenvalue weighted by atomic mass is 127. The van der Waals surface area contributed by atoms with Crippen molar-refractivity contribution in [3.05, 3.63) is 75.9 Å². The lowest BCUT2D eigenvalue weighted by molar-refractivity contribution is 0.462. The maximum atomic E-state index is 4.66. The molecule has 0 atom stereocenters. The van der Waals surface area contributed by atoms with E-state index in [0.717, 1.165) is 15.5 Å². The molecule has 3 aromatic carbocycles. The Kier molecular flexibility index (Phi) is 7.16. The van der Waals surface area contributed by atoms with Gasteiger partial charge < -0.3 is 0 Å². The summed E-state index contributed by atoms with van der Waals surface area (Å²) in [4.78, 5) is 4.01. The zero-order chi connectivity index (χ0) is 20.2. The van der Waals surface area contributed by atoms with Gasteiger partial charge in [0.05, 0.1) is 10.8 Å². The Morgan fingerprint density at radius 2 is 1.38 bits per heavy atom. The second-order valence-electron chi connectivity index (χ2n) is 7.52. The first kappa shape index (κ1) is 21.2. The molecular weight excluding hydrogens is 600 g/mol. The minimum Gasteiger partial charge on any atom is -0.195 e. The number of thiocarbonyl (C=S) groups is 1. The third-order valence-electron chi connectivity index (χ3n) is 5.69. The number of aliphatic imine (C=N–C) groups is 1. The van der Waals surface area contributed by atoms with Crippen LogP contribution in [0.1, 0.15) is 37.2 Å². The van der Waals surface area contributed by atoms with Crippen LogP contribution in [0.5, 0.6) is 0 Å². The van der Waals surface area contributed by atoms with E-state index in [1.165, 1.54) is 57.1 Å². The van der Waals surface area contributed by atoms with Crippen molar-refractivity contribution in [3.63, 3.8) is 0 Å². The Morgan fingerprint density at radius 1 is 0.793 bits per heavy atom. The van der Waals surface area contributed by atoms with E-state index >= 15 is 0 Å². The predicted molar refractivity (Wildman–Crippen MR) is 144 cm³/mol. The molecule has 0 heterocycles. The van der Waals surface area contributed by atoms with E-state index in [4.69, 9.17) is 0 Å². The number of halogens is 2. The van der Waals surface area contributed by atoms with Crippen LogP contribution in [0.4, 0.5) is 5.69 Å². The summed E-state index contributed by atoms with van der Waals surface area (Å²) in [6.45, 7) is 0. The van der Waals surface area contributed by atoms with Gasteiger partial charge in [0.25, 0.3) is 0 Å². The van der Waals surface area contributed by atoms with Crippen LogP contribution < -0.4 is 0 Å². The highest BCUT2D eigenvalue weighted by Crippen LogP contribution is 2.38. The van der Waals surface area contributed by atoms with Gasteiger partial charge in [-0.05, 0) is 112 Å². The maximum Gasteiger partial charge on any atom is 0.0739 e. The van der Waals surface area contributed by atoms with Crippen molar-refractivity contribution in [3.8, 4) is 22.3 Å². The summed E-state index contributed by atoms with van der Waals surface area (Å²) in [5, 5.41) is 2.41. The molecule has 1 aliphatic rings. The topological polar surface area (TPSA) is 12.4 Å². The van der Waals surface area contributed by atoms with Gasteiger partial charge >= 0.3 is 0 Å². The Balaban J connectivity index is 1.53. The van der Waals surface area contributed by atoms with Crippen LogP contribution in [-0.4, -0.2) is 9.09 Å². The average molecular weight is 621 g/mol. The molecule has 0 saturated heterocycles. The molecule has 3 aromatic rings. The number of benzene rings is 3. The lowest BCUT2D eigenvalue weighted by atomic mass is 9.83. The van der Waals surface area contributed by atoms with Crippen molar-refractivity contribution >= 4 is 68.2 Å². The Hall–Kier alpha value is -1.08. The summed E-state index contributed by atoms with van der Waals surface area (Å²) in [6, 6.07) is 24.0. The van der Waals surface area contributed by atoms with E-state index in [2.05, 4.69) is 122 Å². The van der Waals surface area contributed by atoms with Crippen molar-refractivity contribution < 1.29 is 0 Å². The van der Waals surface area contributed by atoms with Gasteiger partial charge in [-0.3, -0.25) is 0 Å². The molecule has 0 aromatic heterocycles. The SMILES string of the molecule is S=C=Nc1ccc(-c2ccc(-c3ccc(C4CCC(I)CC4)cc3I)cc2)cc1. The number of isothiocyanates is 1. The minimum atomic E-state index is 0.733. The van der Waals surface area contributed by atoms with Gasteiger partial charge in [-0.15, -0.1) is 0 Å². The van der Waals surface area contributed by atoms with E-state index in [1.54, 1.807) is 0 Å². The van der Waals surface area contributed by atoms with Gasteiger partial charge in [0.15, 0.2) is 0 Å². The van der Waals surface area contributed by atoms with Gasteiger partial charge in [0, 0.05) is 7.49 Å². The number of nitrogens with zero attached hydrogens (tertiary/aromatic N) is 1. The van der Waals surface area contributed by atoms with E-state index < -0.39 is 0 Å². The first-order chi connectivity index (χ1) is 14.1. The van der Waals surface area contributed by atoms with Gasteiger partial charge in [-0.1, -0.05) is 71.1 Å². The fraction of sp³-hybridized carbons (Fsp3) is 0.240. The Labute approximate surface area is 205 Å². The zero-order valence-corrected chi connectivity index (χ0v) is 21.1. The minimum absolute atomic E-state index is 0.733. The highest BCUT2D eigenvalue weighted by Gasteiger charge is 2.21. The van der Waals surface area contributed by atoms with Crippen molar-refractivity contribution in [2.75, 3.05) is 0 Å². The first-order valence-corrected chi connectivity index (χ1v) is 12.6. The van der Waals surface area contributed by atoms with Crippen LogP contribution >= 0.6 is 57.4 Å². The highest BCUT2D eigenvalue weighted by molar-refractivity contribution is 14.1. The fourth-order valence-corrected chi connectivity index (χ4v) is 5.70. The molecule has 0 N–H and O–H groups in total. The molecule has 0 unspecified atom stereocenters. The van der Waals surface area contributed by atoms with Gasteiger partial charge in [-0.2, -0.15) is 4.99 Å². The van der Waals surface area contributed by atoms with Crippen molar-refractivity contribution in [2.24, 2.45) is 4.99 Å². The van der Waals surface area contributed by atoms with Crippen LogP contribution in [0.2, 0.25) is 0 Å². The van der Waals surface area contributed by atoms with Crippen LogP contribution in [0, 0.1) is 3.57 Å². The third-order valence-corrected chi connectivity index (χ3v) is 7.92. The predicted octanol–water partition coefficient (Wildman–Crippen LogP) is 8.82. The maximum absolute atomic E-state index is 4.66. The van der Waals surface area contributed by atoms with E-state index in [-0.39, 0.29) is 0 Å². The molecule has 146 valence electrons. The second kappa shape index (κ2) is 9.82. The molecule has 0 radical (unpaired) electrons. The summed E-state index contributed by atoms with van der Waals surface area (Å²) in [6.07, 6.45) is 5.35. The largest absolute Gasteiger partial charge is 0.195 e. The summed E-state index contributed by atoms with van der Waals surface area (Å²) in [7, 11) is 0. The molecule has 1 fully saturated rings. The molecule has 0 aliphatic heterocycles. The molecule has 0 bridgehead atoms. The Bertz CT molecular complexity index is 1030. The molecule has 4 rings (SSSR count). The molecule has 1 nitrogen and oxygen atoms in total. The molecule has 1 aliphatic carbocycles. The van der Waals surface area contributed by atoms with Crippen LogP contribution in [0.3, 0.4) is 0 Å². The lowest BCUT2D eigenvalue weighted by Gasteiger charge is -2.26. The van der Waals surface area contributed by atoms with Gasteiger partial charge in [-0.25, -0.2) is 0 Å². The smallest absolute Gasteiger partial charge is 0.0739 e. The fourth-order valence-electron chi connectivity index (χ4n) is 4.03. The summed E-state index contributed by atoms with van der Waals surface area (Å²) in [5.41, 5.74) is 7.31. The summed E-state index contributed by atoms with van der Waals surface area (Å²) < 4.78 is 2.21. The zero-order valence-electron chi connectivity index (χ0n) is 15.9. The number of alkyl halides is 1. The van der Waals surface area contributed by atoms with E-state index in [0.29, 0.717) is 0 Å². The van der Waals surface area contributed by atoms with Crippen LogP contribution in [0.25, 0.3) is 22.3 Å². The lowest BCUT2D eigenvalue weighted by Crippen LogP contribution is -2.12. The molecule has 4 heteroatoms. The van der Waals surface area contributed by atoms with Gasteiger partial charge in [0.1, 0.15) is 0 Å². The normalized spacial score (nSPS) is 18.8. The van der Waals surface area contributed by atoms with Crippen molar-refractivity contribution in [2.45, 2.75) is 35.5 Å². The third kappa shape index (κ3) is 5.16. The second-order valence-corrected chi connectivity index (χ2v) is 10.6. The average Bonchev–Trinajstić information content (AvgIpc) is 2.75. The molecular formula is C25H21I2NS. The van der Waals surface area contributed by atoms with E-state index in [1.807, 2.05) is 12.1 Å². The summed E-state index contributed by atoms with van der Waals surface area (Å²) in [5.74, 6) is 0.733. The standard InChI is InChI=1S/C25H21I2NS/c26-22-10-5-19(6-11-22)21-9-14-24(25(27)15-21)20-3-1-17(2-4-20)18-7-12-23(13-8-18)28-16-29/h1-4,7-9,12-15,19,22H,5-6,10-11H2. The number of rotatable bonds is 4. The Morgan fingerprint density at radius 3 is 1.97 bits per heavy atom. The summed E-state index contributed by atoms with van der Waals surface area (Å²) >= 11 is 9.76. The molecule has 0 spiro atoms. The van der Waals surface area contributed by atoms with Crippen molar-refractivity contribution in [1.29, 1.82) is 0 Å².